The summed E-state index contributed by atoms with van der Waals surface area (Å²) < 4.78 is 17.9. The molecule has 4 aliphatic rings. The van der Waals surface area contributed by atoms with E-state index in [1.807, 2.05) is 6.07 Å². The molecule has 0 spiro atoms. The lowest BCUT2D eigenvalue weighted by Crippen LogP contribution is -2.61. The van der Waals surface area contributed by atoms with Crippen molar-refractivity contribution in [1.29, 1.82) is 0 Å². The minimum absolute atomic E-state index is 0.00857. The lowest BCUT2D eigenvalue weighted by atomic mass is 9.53. The zero-order valence-corrected chi connectivity index (χ0v) is 19.7. The Balaban J connectivity index is 0.000000227. The number of phenolic OH excluding ortho intramolecular Hbond substituents is 2. The van der Waals surface area contributed by atoms with Gasteiger partial charge in [-0.1, -0.05) is 30.4 Å². The van der Waals surface area contributed by atoms with Gasteiger partial charge in [0.25, 0.3) is 0 Å². The summed E-state index contributed by atoms with van der Waals surface area (Å²) in [7, 11) is 1.76. The van der Waals surface area contributed by atoms with Crippen molar-refractivity contribution in [2.24, 2.45) is 11.8 Å². The zero-order chi connectivity index (χ0) is 23.9. The molecule has 3 aliphatic carbocycles. The average Bonchev–Trinajstić information content (AvgIpc) is 3.67. The second-order valence-corrected chi connectivity index (χ2v) is 10.3. The number of rotatable bonds is 4. The van der Waals surface area contributed by atoms with Crippen LogP contribution in [0.2, 0.25) is 0 Å². The fourth-order valence-electron chi connectivity index (χ4n) is 6.37. The van der Waals surface area contributed by atoms with Crippen LogP contribution in [0.5, 0.6) is 11.5 Å². The van der Waals surface area contributed by atoms with Gasteiger partial charge in [0.1, 0.15) is 5.82 Å². The maximum atomic E-state index is 12.2. The molecule has 4 atom stereocenters. The quantitative estimate of drug-likeness (QED) is 0.462. The number of halogens is 1. The predicted octanol–water partition coefficient (Wildman–Crippen LogP) is 4.29. The van der Waals surface area contributed by atoms with E-state index in [-0.39, 0.29) is 35.4 Å². The van der Waals surface area contributed by atoms with E-state index in [9.17, 15) is 14.6 Å². The van der Waals surface area contributed by atoms with Crippen molar-refractivity contribution in [3.8, 4) is 11.5 Å². The smallest absolute Gasteiger partial charge is 0.161 e. The van der Waals surface area contributed by atoms with Crippen LogP contribution in [0.15, 0.2) is 48.6 Å². The number of aliphatic hydroxyl groups is 1. The summed E-state index contributed by atoms with van der Waals surface area (Å²) in [6, 6.07) is 10.1. The second kappa shape index (κ2) is 9.33. The molecule has 2 aromatic rings. The van der Waals surface area contributed by atoms with Gasteiger partial charge in [-0.2, -0.15) is 0 Å². The molecule has 6 heteroatoms. The number of aromatic hydroxyl groups is 2. The molecule has 1 saturated carbocycles. The number of hydrogen-bond donors (Lipinski definition) is 3. The first-order valence-corrected chi connectivity index (χ1v) is 12.3. The Morgan fingerprint density at radius 1 is 1.15 bits per heavy atom. The molecule has 1 aliphatic heterocycles. The third kappa shape index (κ3) is 4.23. The van der Waals surface area contributed by atoms with Gasteiger partial charge in [0.2, 0.25) is 0 Å². The number of methoxy groups -OCH3 is 1. The summed E-state index contributed by atoms with van der Waals surface area (Å²) in [5, 5.41) is 29.4. The molecule has 5 nitrogen and oxygen atoms in total. The SMILES string of the molecule is COC1C=CC2C3Cc4ccc(O)c(O)c4C2(CCN3CC2CC2)C1.OCc1cccc(F)c1. The highest BCUT2D eigenvalue weighted by Crippen LogP contribution is 2.58. The third-order valence-corrected chi connectivity index (χ3v) is 8.20. The number of likely N-dealkylation sites (tertiary alicyclic amines) is 1. The molecule has 2 fully saturated rings. The molecule has 0 amide bonds. The standard InChI is InChI=1S/C21H27NO3.C7H7FO/c1-25-15-5-6-16-17-10-14-4-7-18(23)20(24)19(14)21(16,11-15)8-9-22(17)12-13-2-3-13;8-7-3-1-2-6(4-7)5-9/h4-7,13,15-17,23-24H,2-3,8-12H2,1H3;1-4,9H,5H2. The van der Waals surface area contributed by atoms with Gasteiger partial charge in [0.05, 0.1) is 12.7 Å². The second-order valence-electron chi connectivity index (χ2n) is 10.3. The lowest BCUT2D eigenvalue weighted by molar-refractivity contribution is -0.00523. The van der Waals surface area contributed by atoms with E-state index in [0.717, 1.165) is 37.3 Å². The average molecular weight is 468 g/mol. The number of fused-ring (bicyclic) bond motifs is 1. The Morgan fingerprint density at radius 3 is 2.65 bits per heavy atom. The van der Waals surface area contributed by atoms with Crippen LogP contribution in [-0.4, -0.2) is 52.6 Å². The van der Waals surface area contributed by atoms with Crippen molar-refractivity contribution in [2.45, 2.75) is 56.3 Å². The summed E-state index contributed by atoms with van der Waals surface area (Å²) in [4.78, 5) is 2.70. The van der Waals surface area contributed by atoms with Crippen molar-refractivity contribution in [1.82, 2.24) is 4.90 Å². The van der Waals surface area contributed by atoms with E-state index in [2.05, 4.69) is 17.1 Å². The van der Waals surface area contributed by atoms with Crippen molar-refractivity contribution < 1.29 is 24.4 Å². The first kappa shape index (κ1) is 23.3. The van der Waals surface area contributed by atoms with Crippen molar-refractivity contribution >= 4 is 0 Å². The van der Waals surface area contributed by atoms with Crippen molar-refractivity contribution in [3.63, 3.8) is 0 Å². The zero-order valence-electron chi connectivity index (χ0n) is 19.7. The Labute approximate surface area is 200 Å². The van der Waals surface area contributed by atoms with Gasteiger partial charge in [-0.15, -0.1) is 0 Å². The van der Waals surface area contributed by atoms with Crippen LogP contribution in [0.3, 0.4) is 0 Å². The van der Waals surface area contributed by atoms with Crippen molar-refractivity contribution in [2.75, 3.05) is 20.2 Å². The highest BCUT2D eigenvalue weighted by Gasteiger charge is 2.56. The fourth-order valence-corrected chi connectivity index (χ4v) is 6.37. The minimum atomic E-state index is -0.304. The first-order chi connectivity index (χ1) is 16.4. The highest BCUT2D eigenvalue weighted by molar-refractivity contribution is 5.56. The summed E-state index contributed by atoms with van der Waals surface area (Å²) in [6.07, 6.45) is 10.3. The number of piperidine rings is 1. The summed E-state index contributed by atoms with van der Waals surface area (Å²) in [5.41, 5.74) is 2.69. The van der Waals surface area contributed by atoms with E-state index in [0.29, 0.717) is 17.5 Å². The molecule has 1 saturated heterocycles. The molecule has 0 aromatic heterocycles. The molecular weight excluding hydrogens is 433 g/mol. The number of benzene rings is 2. The molecular formula is C28H34FNO4. The third-order valence-electron chi connectivity index (χ3n) is 8.20. The predicted molar refractivity (Wildman–Crippen MR) is 128 cm³/mol. The number of phenols is 2. The Bertz CT molecular complexity index is 1070. The van der Waals surface area contributed by atoms with Gasteiger partial charge < -0.3 is 20.1 Å². The first-order valence-electron chi connectivity index (χ1n) is 12.3. The number of nitrogens with zero attached hydrogens (tertiary/aromatic N) is 1. The Kier molecular flexibility index (Phi) is 6.40. The van der Waals surface area contributed by atoms with Crippen LogP contribution in [0.25, 0.3) is 0 Å². The van der Waals surface area contributed by atoms with Gasteiger partial charge >= 0.3 is 0 Å². The molecule has 3 N–H and O–H groups in total. The topological polar surface area (TPSA) is 73.2 Å². The number of hydrogen-bond acceptors (Lipinski definition) is 5. The van der Waals surface area contributed by atoms with Crippen LogP contribution >= 0.6 is 0 Å². The molecule has 6 rings (SSSR count). The highest BCUT2D eigenvalue weighted by atomic mass is 19.1. The van der Waals surface area contributed by atoms with E-state index in [4.69, 9.17) is 9.84 Å². The lowest BCUT2D eigenvalue weighted by Gasteiger charge is -2.58. The number of aliphatic hydroxyl groups excluding tert-OH is 1. The Morgan fingerprint density at radius 2 is 1.97 bits per heavy atom. The molecule has 2 bridgehead atoms. The van der Waals surface area contributed by atoms with E-state index >= 15 is 0 Å². The molecule has 4 unspecified atom stereocenters. The molecule has 1 heterocycles. The molecule has 34 heavy (non-hydrogen) atoms. The largest absolute Gasteiger partial charge is 0.504 e. The van der Waals surface area contributed by atoms with E-state index in [1.165, 1.54) is 37.1 Å². The van der Waals surface area contributed by atoms with Gasteiger partial charge in [-0.25, -0.2) is 4.39 Å². The minimum Gasteiger partial charge on any atom is -0.504 e. The molecule has 2 aromatic carbocycles. The van der Waals surface area contributed by atoms with Gasteiger partial charge in [0, 0.05) is 36.6 Å². The summed E-state index contributed by atoms with van der Waals surface area (Å²) in [6.45, 7) is 2.20. The van der Waals surface area contributed by atoms with Gasteiger partial charge in [0.15, 0.2) is 11.5 Å². The molecule has 0 radical (unpaired) electrons. The summed E-state index contributed by atoms with van der Waals surface area (Å²) in [5.74, 6) is 1.09. The van der Waals surface area contributed by atoms with Crippen LogP contribution < -0.4 is 0 Å². The van der Waals surface area contributed by atoms with E-state index in [1.54, 1.807) is 25.3 Å². The summed E-state index contributed by atoms with van der Waals surface area (Å²) >= 11 is 0. The van der Waals surface area contributed by atoms with Crippen LogP contribution in [0, 0.1) is 17.7 Å². The normalized spacial score (nSPS) is 29.6. The fraction of sp³-hybridized carbons (Fsp3) is 0.500. The maximum absolute atomic E-state index is 12.2. The monoisotopic (exact) mass is 467 g/mol. The van der Waals surface area contributed by atoms with Crippen LogP contribution in [0.1, 0.15) is 42.4 Å². The Hall–Kier alpha value is -2.41. The van der Waals surface area contributed by atoms with Gasteiger partial charge in [-0.3, -0.25) is 4.90 Å². The van der Waals surface area contributed by atoms with Crippen LogP contribution in [0.4, 0.5) is 4.39 Å². The van der Waals surface area contributed by atoms with E-state index < -0.39 is 0 Å². The number of ether oxygens (including phenoxy) is 1. The van der Waals surface area contributed by atoms with Crippen molar-refractivity contribution in [3.05, 3.63) is 71.1 Å². The van der Waals surface area contributed by atoms with Crippen LogP contribution in [-0.2, 0) is 23.2 Å². The maximum Gasteiger partial charge on any atom is 0.161 e. The molecule has 182 valence electrons. The van der Waals surface area contributed by atoms with Gasteiger partial charge in [-0.05, 0) is 73.9 Å².